The summed E-state index contributed by atoms with van der Waals surface area (Å²) >= 11 is 1.62. The van der Waals surface area contributed by atoms with E-state index in [1.54, 1.807) is 11.3 Å². The predicted octanol–water partition coefficient (Wildman–Crippen LogP) is 4.27. The summed E-state index contributed by atoms with van der Waals surface area (Å²) in [5.74, 6) is 0.222. The van der Waals surface area contributed by atoms with Crippen LogP contribution < -0.4 is 0 Å². The van der Waals surface area contributed by atoms with Crippen molar-refractivity contribution in [3.63, 3.8) is 0 Å². The van der Waals surface area contributed by atoms with Crippen molar-refractivity contribution < 1.29 is 4.79 Å². The number of hydrogen-bond donors (Lipinski definition) is 0. The molecule has 0 fully saturated rings. The summed E-state index contributed by atoms with van der Waals surface area (Å²) in [4.78, 5) is 18.0. The Balaban J connectivity index is 1.80. The summed E-state index contributed by atoms with van der Waals surface area (Å²) < 4.78 is 0. The van der Waals surface area contributed by atoms with E-state index in [0.29, 0.717) is 12.8 Å². The summed E-state index contributed by atoms with van der Waals surface area (Å²) in [5, 5.41) is 3.28. The minimum absolute atomic E-state index is 0.222. The average molecular weight is 295 g/mol. The topological polar surface area (TPSA) is 30.0 Å². The van der Waals surface area contributed by atoms with E-state index in [0.717, 1.165) is 16.3 Å². The fourth-order valence-corrected chi connectivity index (χ4v) is 3.47. The van der Waals surface area contributed by atoms with Crippen LogP contribution in [0.15, 0.2) is 42.5 Å². The van der Waals surface area contributed by atoms with Crippen molar-refractivity contribution in [2.75, 3.05) is 0 Å². The van der Waals surface area contributed by atoms with Crippen molar-refractivity contribution in [2.45, 2.75) is 26.7 Å². The summed E-state index contributed by atoms with van der Waals surface area (Å²) in [6, 6.07) is 14.3. The first-order valence-electron chi connectivity index (χ1n) is 7.05. The lowest BCUT2D eigenvalue weighted by Crippen LogP contribution is -2.06. The number of carbonyl (C=O) groups is 1. The Morgan fingerprint density at radius 2 is 1.81 bits per heavy atom. The number of rotatable bonds is 4. The van der Waals surface area contributed by atoms with Crippen LogP contribution in [0.5, 0.6) is 0 Å². The number of ketones is 1. The summed E-state index contributed by atoms with van der Waals surface area (Å²) in [6.07, 6.45) is 0.904. The van der Waals surface area contributed by atoms with E-state index in [1.807, 2.05) is 38.1 Å². The Kier molecular flexibility index (Phi) is 3.84. The van der Waals surface area contributed by atoms with Gasteiger partial charge in [0.05, 0.1) is 12.1 Å². The molecule has 0 aliphatic heterocycles. The minimum atomic E-state index is 0.222. The number of hydrogen-bond acceptors (Lipinski definition) is 3. The van der Waals surface area contributed by atoms with Gasteiger partial charge in [0.1, 0.15) is 10.8 Å². The van der Waals surface area contributed by atoms with E-state index in [9.17, 15) is 4.79 Å². The Hall–Kier alpha value is -2.00. The van der Waals surface area contributed by atoms with Gasteiger partial charge in [-0.1, -0.05) is 42.5 Å². The second-order valence-electron chi connectivity index (χ2n) is 5.28. The fraction of sp³-hybridized carbons (Fsp3) is 0.222. The molecule has 0 spiro atoms. The van der Waals surface area contributed by atoms with Crippen LogP contribution in [-0.4, -0.2) is 10.8 Å². The third kappa shape index (κ3) is 3.03. The van der Waals surface area contributed by atoms with Gasteiger partial charge in [-0.05, 0) is 30.2 Å². The van der Waals surface area contributed by atoms with Crippen LogP contribution in [0.4, 0.5) is 0 Å². The quantitative estimate of drug-likeness (QED) is 0.719. The number of fused-ring (bicyclic) bond motifs is 1. The highest BCUT2D eigenvalue weighted by Crippen LogP contribution is 2.21. The number of benzene rings is 2. The first-order valence-corrected chi connectivity index (χ1v) is 7.86. The van der Waals surface area contributed by atoms with Gasteiger partial charge in [-0.25, -0.2) is 4.98 Å². The molecule has 0 aliphatic rings. The van der Waals surface area contributed by atoms with Crippen molar-refractivity contribution in [3.05, 3.63) is 63.6 Å². The van der Waals surface area contributed by atoms with Crippen molar-refractivity contribution in [1.82, 2.24) is 4.98 Å². The number of thiazole rings is 1. The molecule has 0 saturated carbocycles. The zero-order valence-corrected chi connectivity index (χ0v) is 13.0. The van der Waals surface area contributed by atoms with Gasteiger partial charge in [-0.3, -0.25) is 4.79 Å². The molecular weight excluding hydrogens is 278 g/mol. The highest BCUT2D eigenvalue weighted by Gasteiger charge is 2.11. The minimum Gasteiger partial charge on any atom is -0.299 e. The van der Waals surface area contributed by atoms with Gasteiger partial charge >= 0.3 is 0 Å². The molecule has 0 atom stereocenters. The second-order valence-corrected chi connectivity index (χ2v) is 6.57. The molecule has 0 aliphatic carbocycles. The maximum absolute atomic E-state index is 12.3. The van der Waals surface area contributed by atoms with Crippen molar-refractivity contribution >= 4 is 27.9 Å². The van der Waals surface area contributed by atoms with Gasteiger partial charge in [0.2, 0.25) is 0 Å². The maximum atomic E-state index is 12.3. The van der Waals surface area contributed by atoms with E-state index in [1.165, 1.54) is 15.6 Å². The molecule has 1 heterocycles. The van der Waals surface area contributed by atoms with Crippen LogP contribution in [0, 0.1) is 13.8 Å². The van der Waals surface area contributed by atoms with Crippen LogP contribution >= 0.6 is 11.3 Å². The van der Waals surface area contributed by atoms with Crippen molar-refractivity contribution in [2.24, 2.45) is 0 Å². The molecule has 0 unspecified atom stereocenters. The third-order valence-electron chi connectivity index (χ3n) is 3.69. The lowest BCUT2D eigenvalue weighted by Gasteiger charge is -2.05. The van der Waals surface area contributed by atoms with Gasteiger partial charge in [-0.15, -0.1) is 11.3 Å². The molecule has 0 radical (unpaired) electrons. The van der Waals surface area contributed by atoms with Crippen LogP contribution in [0.1, 0.15) is 21.1 Å². The van der Waals surface area contributed by atoms with Gasteiger partial charge in [0.25, 0.3) is 0 Å². The Morgan fingerprint density at radius 3 is 2.57 bits per heavy atom. The highest BCUT2D eigenvalue weighted by molar-refractivity contribution is 7.11. The molecule has 21 heavy (non-hydrogen) atoms. The molecule has 1 aromatic heterocycles. The number of nitrogens with zero attached hydrogens (tertiary/aromatic N) is 1. The normalized spacial score (nSPS) is 11.0. The zero-order valence-electron chi connectivity index (χ0n) is 12.2. The lowest BCUT2D eigenvalue weighted by atomic mass is 10.00. The standard InChI is InChI=1S/C18H17NOS/c1-12-13(2)21-18(19-12)11-16(20)10-15-8-5-7-14-6-3-4-9-17(14)15/h3-9H,10-11H2,1-2H3. The molecule has 3 aromatic rings. The van der Waals surface area contributed by atoms with E-state index in [2.05, 4.69) is 23.2 Å². The first-order chi connectivity index (χ1) is 10.1. The Bertz CT molecular complexity index is 779. The van der Waals surface area contributed by atoms with Crippen LogP contribution in [0.3, 0.4) is 0 Å². The van der Waals surface area contributed by atoms with E-state index < -0.39 is 0 Å². The van der Waals surface area contributed by atoms with Crippen molar-refractivity contribution in [3.8, 4) is 0 Å². The smallest absolute Gasteiger partial charge is 0.144 e. The zero-order chi connectivity index (χ0) is 14.8. The third-order valence-corrected chi connectivity index (χ3v) is 4.76. The molecule has 0 saturated heterocycles. The lowest BCUT2D eigenvalue weighted by molar-refractivity contribution is -0.117. The van der Waals surface area contributed by atoms with Gasteiger partial charge < -0.3 is 0 Å². The molecular formula is C18H17NOS. The average Bonchev–Trinajstić information content (AvgIpc) is 2.77. The summed E-state index contributed by atoms with van der Waals surface area (Å²) in [7, 11) is 0. The fourth-order valence-electron chi connectivity index (χ4n) is 2.51. The molecule has 0 N–H and O–H groups in total. The van der Waals surface area contributed by atoms with E-state index >= 15 is 0 Å². The van der Waals surface area contributed by atoms with Crippen LogP contribution in [-0.2, 0) is 17.6 Å². The summed E-state index contributed by atoms with van der Waals surface area (Å²) in [6.45, 7) is 4.04. The van der Waals surface area contributed by atoms with Gasteiger partial charge in [-0.2, -0.15) is 0 Å². The number of carbonyl (C=O) groups excluding carboxylic acids is 1. The molecule has 3 rings (SSSR count). The number of aromatic nitrogens is 1. The van der Waals surface area contributed by atoms with Crippen LogP contribution in [0.2, 0.25) is 0 Å². The Morgan fingerprint density at radius 1 is 1.05 bits per heavy atom. The monoisotopic (exact) mass is 295 g/mol. The van der Waals surface area contributed by atoms with E-state index in [-0.39, 0.29) is 5.78 Å². The van der Waals surface area contributed by atoms with E-state index in [4.69, 9.17) is 0 Å². The number of Topliss-reactive ketones (excluding diaryl/α,β-unsaturated/α-hetero) is 1. The van der Waals surface area contributed by atoms with Crippen LogP contribution in [0.25, 0.3) is 10.8 Å². The molecule has 0 bridgehead atoms. The summed E-state index contributed by atoms with van der Waals surface area (Å²) in [5.41, 5.74) is 2.14. The Labute approximate surface area is 128 Å². The maximum Gasteiger partial charge on any atom is 0.144 e. The second kappa shape index (κ2) is 5.78. The number of aryl methyl sites for hydroxylation is 2. The highest BCUT2D eigenvalue weighted by atomic mass is 32.1. The van der Waals surface area contributed by atoms with Gasteiger partial charge in [0.15, 0.2) is 0 Å². The molecule has 2 nitrogen and oxygen atoms in total. The predicted molar refractivity (Wildman–Crippen MR) is 88.0 cm³/mol. The molecule has 2 aromatic carbocycles. The molecule has 3 heteroatoms. The first kappa shape index (κ1) is 14.0. The SMILES string of the molecule is Cc1nc(CC(=O)Cc2cccc3ccccc23)sc1C. The largest absolute Gasteiger partial charge is 0.299 e. The molecule has 0 amide bonds. The van der Waals surface area contributed by atoms with Gasteiger partial charge in [0, 0.05) is 11.3 Å². The molecule has 106 valence electrons. The van der Waals surface area contributed by atoms with Crippen molar-refractivity contribution in [1.29, 1.82) is 0 Å².